The van der Waals surface area contributed by atoms with Crippen LogP contribution in [-0.2, 0) is 6.42 Å². The van der Waals surface area contributed by atoms with E-state index in [0.717, 1.165) is 18.7 Å². The summed E-state index contributed by atoms with van der Waals surface area (Å²) in [4.78, 5) is 2.23. The Morgan fingerprint density at radius 2 is 1.70 bits per heavy atom. The van der Waals surface area contributed by atoms with Crippen molar-refractivity contribution in [2.45, 2.75) is 12.8 Å². The molecule has 0 fully saturated rings. The molecular formula is C18H23NO. The Morgan fingerprint density at radius 1 is 0.950 bits per heavy atom. The van der Waals surface area contributed by atoms with E-state index in [0.29, 0.717) is 0 Å². The molecule has 0 bridgehead atoms. The molecule has 2 heteroatoms. The topological polar surface area (TPSA) is 12.5 Å². The largest absolute Gasteiger partial charge is 0.497 e. The Labute approximate surface area is 122 Å². The smallest absolute Gasteiger partial charge is 0.119 e. The van der Waals surface area contributed by atoms with E-state index in [1.165, 1.54) is 23.1 Å². The van der Waals surface area contributed by atoms with Crippen LogP contribution in [0.3, 0.4) is 0 Å². The first-order valence-electron chi connectivity index (χ1n) is 7.07. The Hall–Kier alpha value is -1.80. The fourth-order valence-corrected chi connectivity index (χ4v) is 2.27. The average molecular weight is 269 g/mol. The molecule has 2 aromatic carbocycles. The molecule has 0 radical (unpaired) electrons. The highest BCUT2D eigenvalue weighted by Crippen LogP contribution is 2.24. The minimum absolute atomic E-state index is 0.901. The SMILES string of the molecule is COc1cccc(-c2ccc(CCCN(C)C)cc2)c1. The first-order valence-corrected chi connectivity index (χ1v) is 7.07. The number of aryl methyl sites for hydroxylation is 1. The van der Waals surface area contributed by atoms with E-state index >= 15 is 0 Å². The van der Waals surface area contributed by atoms with Crippen LogP contribution in [0.2, 0.25) is 0 Å². The summed E-state index contributed by atoms with van der Waals surface area (Å²) in [7, 11) is 5.94. The third-order valence-corrected chi connectivity index (χ3v) is 3.43. The maximum atomic E-state index is 5.27. The summed E-state index contributed by atoms with van der Waals surface area (Å²) < 4.78 is 5.27. The molecule has 0 aliphatic heterocycles. The van der Waals surface area contributed by atoms with Crippen molar-refractivity contribution in [1.82, 2.24) is 4.90 Å². The van der Waals surface area contributed by atoms with Crippen LogP contribution < -0.4 is 4.74 Å². The van der Waals surface area contributed by atoms with E-state index in [-0.39, 0.29) is 0 Å². The molecular weight excluding hydrogens is 246 g/mol. The maximum absolute atomic E-state index is 5.27. The molecule has 2 nitrogen and oxygen atoms in total. The van der Waals surface area contributed by atoms with Crippen LogP contribution in [-0.4, -0.2) is 32.6 Å². The molecule has 0 aromatic heterocycles. The van der Waals surface area contributed by atoms with Crippen LogP contribution in [0.4, 0.5) is 0 Å². The monoisotopic (exact) mass is 269 g/mol. The second-order valence-corrected chi connectivity index (χ2v) is 5.34. The zero-order valence-electron chi connectivity index (χ0n) is 12.6. The normalized spacial score (nSPS) is 10.8. The molecule has 2 aromatic rings. The van der Waals surface area contributed by atoms with Crippen molar-refractivity contribution in [2.75, 3.05) is 27.7 Å². The number of hydrogen-bond donors (Lipinski definition) is 0. The van der Waals surface area contributed by atoms with Crippen molar-refractivity contribution in [2.24, 2.45) is 0 Å². The number of benzene rings is 2. The molecule has 0 saturated heterocycles. The van der Waals surface area contributed by atoms with Gasteiger partial charge in [-0.25, -0.2) is 0 Å². The van der Waals surface area contributed by atoms with Crippen molar-refractivity contribution >= 4 is 0 Å². The summed E-state index contributed by atoms with van der Waals surface area (Å²) in [5, 5.41) is 0. The number of rotatable bonds is 6. The Bertz CT molecular complexity index is 531. The lowest BCUT2D eigenvalue weighted by Crippen LogP contribution is -2.13. The summed E-state index contributed by atoms with van der Waals surface area (Å²) in [6.45, 7) is 1.14. The van der Waals surface area contributed by atoms with Gasteiger partial charge in [0, 0.05) is 0 Å². The molecule has 0 unspecified atom stereocenters. The third-order valence-electron chi connectivity index (χ3n) is 3.43. The fraction of sp³-hybridized carbons (Fsp3) is 0.333. The average Bonchev–Trinajstić information content (AvgIpc) is 2.48. The lowest BCUT2D eigenvalue weighted by atomic mass is 10.0. The highest BCUT2D eigenvalue weighted by atomic mass is 16.5. The van der Waals surface area contributed by atoms with Gasteiger partial charge in [-0.15, -0.1) is 0 Å². The lowest BCUT2D eigenvalue weighted by Gasteiger charge is -2.09. The molecule has 0 aliphatic rings. The third kappa shape index (κ3) is 4.10. The Morgan fingerprint density at radius 3 is 2.35 bits per heavy atom. The van der Waals surface area contributed by atoms with Gasteiger partial charge in [-0.05, 0) is 62.3 Å². The van der Waals surface area contributed by atoms with Crippen molar-refractivity contribution in [3.8, 4) is 16.9 Å². The van der Waals surface area contributed by atoms with Crippen LogP contribution in [0, 0.1) is 0 Å². The predicted octanol–water partition coefficient (Wildman–Crippen LogP) is 3.86. The van der Waals surface area contributed by atoms with Gasteiger partial charge in [0.25, 0.3) is 0 Å². The van der Waals surface area contributed by atoms with E-state index in [1.54, 1.807) is 7.11 Å². The van der Waals surface area contributed by atoms with Gasteiger partial charge in [0.1, 0.15) is 5.75 Å². The molecule has 0 atom stereocenters. The number of nitrogens with zero attached hydrogens (tertiary/aromatic N) is 1. The molecule has 0 saturated carbocycles. The highest BCUT2D eigenvalue weighted by Gasteiger charge is 2.00. The fourth-order valence-electron chi connectivity index (χ4n) is 2.27. The van der Waals surface area contributed by atoms with Crippen molar-refractivity contribution in [3.63, 3.8) is 0 Å². The summed E-state index contributed by atoms with van der Waals surface area (Å²) in [5.41, 5.74) is 3.84. The van der Waals surface area contributed by atoms with Crippen LogP contribution in [0.25, 0.3) is 11.1 Å². The minimum atomic E-state index is 0.901. The Balaban J connectivity index is 2.03. The molecule has 0 amide bonds. The molecule has 0 spiro atoms. The second-order valence-electron chi connectivity index (χ2n) is 5.34. The minimum Gasteiger partial charge on any atom is -0.497 e. The van der Waals surface area contributed by atoms with Crippen molar-refractivity contribution in [3.05, 3.63) is 54.1 Å². The summed E-state index contributed by atoms with van der Waals surface area (Å²) in [5.74, 6) is 0.901. The molecule has 2 rings (SSSR count). The zero-order valence-corrected chi connectivity index (χ0v) is 12.6. The molecule has 0 N–H and O–H groups in total. The van der Waals surface area contributed by atoms with E-state index in [4.69, 9.17) is 4.74 Å². The Kier molecular flexibility index (Phi) is 5.19. The maximum Gasteiger partial charge on any atom is 0.119 e. The van der Waals surface area contributed by atoms with Crippen LogP contribution in [0.15, 0.2) is 48.5 Å². The molecule has 0 heterocycles. The zero-order chi connectivity index (χ0) is 14.4. The van der Waals surface area contributed by atoms with Gasteiger partial charge < -0.3 is 9.64 Å². The molecule has 0 aliphatic carbocycles. The summed E-state index contributed by atoms with van der Waals surface area (Å²) >= 11 is 0. The number of hydrogen-bond acceptors (Lipinski definition) is 2. The van der Waals surface area contributed by atoms with Crippen LogP contribution in [0.1, 0.15) is 12.0 Å². The van der Waals surface area contributed by atoms with Crippen molar-refractivity contribution in [1.29, 1.82) is 0 Å². The van der Waals surface area contributed by atoms with Gasteiger partial charge in [0.15, 0.2) is 0 Å². The lowest BCUT2D eigenvalue weighted by molar-refractivity contribution is 0.400. The first-order chi connectivity index (χ1) is 9.69. The number of methoxy groups -OCH3 is 1. The summed E-state index contributed by atoms with van der Waals surface area (Å²) in [6, 6.07) is 17.0. The van der Waals surface area contributed by atoms with Crippen LogP contribution in [0.5, 0.6) is 5.75 Å². The van der Waals surface area contributed by atoms with Gasteiger partial charge in [-0.1, -0.05) is 36.4 Å². The first kappa shape index (κ1) is 14.6. The quantitative estimate of drug-likeness (QED) is 0.789. The summed E-state index contributed by atoms with van der Waals surface area (Å²) in [6.07, 6.45) is 2.34. The van der Waals surface area contributed by atoms with Gasteiger partial charge in [-0.2, -0.15) is 0 Å². The van der Waals surface area contributed by atoms with E-state index < -0.39 is 0 Å². The highest BCUT2D eigenvalue weighted by molar-refractivity contribution is 5.65. The number of ether oxygens (including phenoxy) is 1. The van der Waals surface area contributed by atoms with Gasteiger partial charge in [-0.3, -0.25) is 0 Å². The van der Waals surface area contributed by atoms with Gasteiger partial charge >= 0.3 is 0 Å². The van der Waals surface area contributed by atoms with E-state index in [1.807, 2.05) is 12.1 Å². The van der Waals surface area contributed by atoms with E-state index in [2.05, 4.69) is 55.4 Å². The standard InChI is InChI=1S/C18H23NO/c1-19(2)13-5-6-15-9-11-16(12-10-15)17-7-4-8-18(14-17)20-3/h4,7-12,14H,5-6,13H2,1-3H3. The van der Waals surface area contributed by atoms with Gasteiger partial charge in [0.2, 0.25) is 0 Å². The second kappa shape index (κ2) is 7.11. The van der Waals surface area contributed by atoms with Crippen LogP contribution >= 0.6 is 0 Å². The van der Waals surface area contributed by atoms with Gasteiger partial charge in [0.05, 0.1) is 7.11 Å². The van der Waals surface area contributed by atoms with Crippen molar-refractivity contribution < 1.29 is 4.74 Å². The van der Waals surface area contributed by atoms with E-state index in [9.17, 15) is 0 Å². The molecule has 20 heavy (non-hydrogen) atoms. The predicted molar refractivity (Wildman–Crippen MR) is 85.3 cm³/mol. The molecule has 106 valence electrons.